The summed E-state index contributed by atoms with van der Waals surface area (Å²) in [5.74, 6) is 0.232. The number of ketones is 1. The van der Waals surface area contributed by atoms with Gasteiger partial charge in [0.25, 0.3) is 0 Å². The van der Waals surface area contributed by atoms with Crippen molar-refractivity contribution >= 4 is 11.8 Å². The normalized spacial score (nSPS) is 46.0. The predicted octanol–water partition coefficient (Wildman–Crippen LogP) is 1.45. The smallest absolute Gasteiger partial charge is 0.324 e. The fourth-order valence-corrected chi connectivity index (χ4v) is 3.50. The van der Waals surface area contributed by atoms with E-state index in [0.717, 1.165) is 32.1 Å². The van der Waals surface area contributed by atoms with Crippen molar-refractivity contribution in [2.24, 2.45) is 11.3 Å². The van der Waals surface area contributed by atoms with Gasteiger partial charge in [-0.15, -0.1) is 0 Å². The van der Waals surface area contributed by atoms with Gasteiger partial charge in [0.15, 0.2) is 11.2 Å². The van der Waals surface area contributed by atoms with Crippen LogP contribution in [-0.2, 0) is 14.3 Å². The van der Waals surface area contributed by atoms with Crippen molar-refractivity contribution in [3.8, 4) is 0 Å². The second kappa shape index (κ2) is 2.59. The van der Waals surface area contributed by atoms with Crippen LogP contribution in [-0.4, -0.2) is 17.9 Å². The first kappa shape index (κ1) is 8.45. The van der Waals surface area contributed by atoms with Crippen molar-refractivity contribution in [1.82, 2.24) is 0 Å². The van der Waals surface area contributed by atoms with Crippen molar-refractivity contribution < 1.29 is 14.3 Å². The van der Waals surface area contributed by atoms with Crippen LogP contribution in [0.25, 0.3) is 0 Å². The molecule has 0 radical (unpaired) electrons. The van der Waals surface area contributed by atoms with Gasteiger partial charge in [-0.25, -0.2) is 0 Å². The lowest BCUT2D eigenvalue weighted by molar-refractivity contribution is -0.226. The fraction of sp³-hybridized carbons (Fsp3) is 0.818. The third-order valence-corrected chi connectivity index (χ3v) is 4.18. The van der Waals surface area contributed by atoms with Crippen LogP contribution in [0.2, 0.25) is 0 Å². The molecular formula is C11H14O3. The average molecular weight is 194 g/mol. The first-order valence-corrected chi connectivity index (χ1v) is 5.50. The van der Waals surface area contributed by atoms with Crippen molar-refractivity contribution in [3.63, 3.8) is 0 Å². The number of carbonyl (C=O) groups is 2. The van der Waals surface area contributed by atoms with Gasteiger partial charge in [0, 0.05) is 6.42 Å². The second-order valence-electron chi connectivity index (χ2n) is 4.71. The predicted molar refractivity (Wildman–Crippen MR) is 48.5 cm³/mol. The Morgan fingerprint density at radius 3 is 2.64 bits per heavy atom. The average Bonchev–Trinajstić information content (AvgIpc) is 2.16. The standard InChI is InChI=1S/C11H14O3/c12-8-5-1-3-7-4-2-6-9-11(7,8)10(13)14-9/h7,9H,1-6H2/t7-,9-,11-/m0/s1. The number of esters is 1. The first-order chi connectivity index (χ1) is 6.76. The first-order valence-electron chi connectivity index (χ1n) is 5.50. The molecule has 0 amide bonds. The van der Waals surface area contributed by atoms with Crippen molar-refractivity contribution in [1.29, 1.82) is 0 Å². The number of carbonyl (C=O) groups excluding carboxylic acids is 2. The maximum atomic E-state index is 11.9. The number of hydrogen-bond donors (Lipinski definition) is 0. The quantitative estimate of drug-likeness (QED) is 0.433. The van der Waals surface area contributed by atoms with Gasteiger partial charge in [-0.05, 0) is 38.0 Å². The highest BCUT2D eigenvalue weighted by molar-refractivity contribution is 6.08. The highest BCUT2D eigenvalue weighted by Crippen LogP contribution is 2.55. The Morgan fingerprint density at radius 2 is 1.93 bits per heavy atom. The third-order valence-electron chi connectivity index (χ3n) is 4.18. The lowest BCUT2D eigenvalue weighted by Crippen LogP contribution is -2.67. The van der Waals surface area contributed by atoms with Crippen LogP contribution in [0, 0.1) is 11.3 Å². The van der Waals surface area contributed by atoms with Crippen molar-refractivity contribution in [2.45, 2.75) is 44.6 Å². The molecule has 0 aromatic heterocycles. The van der Waals surface area contributed by atoms with E-state index in [2.05, 4.69) is 0 Å². The minimum Gasteiger partial charge on any atom is -0.460 e. The van der Waals surface area contributed by atoms with E-state index >= 15 is 0 Å². The summed E-state index contributed by atoms with van der Waals surface area (Å²) in [7, 11) is 0. The van der Waals surface area contributed by atoms with Crippen LogP contribution in [0.4, 0.5) is 0 Å². The zero-order chi connectivity index (χ0) is 9.76. The summed E-state index contributed by atoms with van der Waals surface area (Å²) in [6.45, 7) is 0. The van der Waals surface area contributed by atoms with Gasteiger partial charge in [-0.1, -0.05) is 0 Å². The van der Waals surface area contributed by atoms with Gasteiger partial charge in [0.05, 0.1) is 0 Å². The van der Waals surface area contributed by atoms with Crippen LogP contribution in [0.3, 0.4) is 0 Å². The summed E-state index contributed by atoms with van der Waals surface area (Å²) < 4.78 is 5.11. The Bertz CT molecular complexity index is 308. The maximum Gasteiger partial charge on any atom is 0.324 e. The van der Waals surface area contributed by atoms with E-state index in [4.69, 9.17) is 4.74 Å². The molecule has 2 saturated carbocycles. The number of hydrogen-bond acceptors (Lipinski definition) is 3. The van der Waals surface area contributed by atoms with Crippen LogP contribution in [0.5, 0.6) is 0 Å². The molecule has 3 aliphatic rings. The summed E-state index contributed by atoms with van der Waals surface area (Å²) in [5.41, 5.74) is -0.670. The van der Waals surface area contributed by atoms with E-state index in [9.17, 15) is 9.59 Å². The van der Waals surface area contributed by atoms with Crippen molar-refractivity contribution in [2.75, 3.05) is 0 Å². The molecule has 0 aromatic carbocycles. The molecular weight excluding hydrogens is 180 g/mol. The largest absolute Gasteiger partial charge is 0.460 e. The number of rotatable bonds is 0. The molecule has 3 atom stereocenters. The van der Waals surface area contributed by atoms with Gasteiger partial charge in [-0.2, -0.15) is 0 Å². The Morgan fingerprint density at radius 1 is 1.14 bits per heavy atom. The molecule has 0 unspecified atom stereocenters. The van der Waals surface area contributed by atoms with E-state index in [1.807, 2.05) is 0 Å². The van der Waals surface area contributed by atoms with E-state index in [-0.39, 0.29) is 17.9 Å². The van der Waals surface area contributed by atoms with E-state index < -0.39 is 5.41 Å². The molecule has 3 heteroatoms. The molecule has 76 valence electrons. The lowest BCUT2D eigenvalue weighted by atomic mass is 9.55. The summed E-state index contributed by atoms with van der Waals surface area (Å²) in [6.07, 6.45) is 5.56. The van der Waals surface area contributed by atoms with E-state index in [0.29, 0.717) is 12.3 Å². The molecule has 3 nitrogen and oxygen atoms in total. The monoisotopic (exact) mass is 194 g/mol. The fourth-order valence-electron chi connectivity index (χ4n) is 3.50. The van der Waals surface area contributed by atoms with Crippen LogP contribution < -0.4 is 0 Å². The van der Waals surface area contributed by atoms with Gasteiger partial charge in [0.1, 0.15) is 6.10 Å². The van der Waals surface area contributed by atoms with Crippen molar-refractivity contribution in [3.05, 3.63) is 0 Å². The van der Waals surface area contributed by atoms with Crippen LogP contribution >= 0.6 is 0 Å². The topological polar surface area (TPSA) is 43.4 Å². The second-order valence-corrected chi connectivity index (χ2v) is 4.71. The van der Waals surface area contributed by atoms with Gasteiger partial charge in [0.2, 0.25) is 0 Å². The Hall–Kier alpha value is -0.860. The van der Waals surface area contributed by atoms with E-state index in [1.54, 1.807) is 0 Å². The number of ether oxygens (including phenoxy) is 1. The van der Waals surface area contributed by atoms with Gasteiger partial charge in [-0.3, -0.25) is 9.59 Å². The Balaban J connectivity index is 2.03. The summed E-state index contributed by atoms with van der Waals surface area (Å²) in [6, 6.07) is 0. The summed E-state index contributed by atoms with van der Waals surface area (Å²) >= 11 is 0. The minimum atomic E-state index is -0.670. The molecule has 1 saturated heterocycles. The Labute approximate surface area is 82.8 Å². The molecule has 0 bridgehead atoms. The van der Waals surface area contributed by atoms with E-state index in [1.165, 1.54) is 0 Å². The Kier molecular flexibility index (Phi) is 1.56. The molecule has 2 aliphatic carbocycles. The summed E-state index contributed by atoms with van der Waals surface area (Å²) in [5, 5.41) is 0. The molecule has 1 spiro atoms. The highest BCUT2D eigenvalue weighted by Gasteiger charge is 2.68. The molecule has 0 N–H and O–H groups in total. The molecule has 3 rings (SSSR count). The zero-order valence-corrected chi connectivity index (χ0v) is 8.12. The molecule has 0 aromatic rings. The molecule has 1 aliphatic heterocycles. The van der Waals surface area contributed by atoms with Crippen LogP contribution in [0.1, 0.15) is 38.5 Å². The molecule has 3 fully saturated rings. The zero-order valence-electron chi connectivity index (χ0n) is 8.12. The third kappa shape index (κ3) is 0.748. The maximum absolute atomic E-state index is 11.9. The number of Topliss-reactive ketones (excluding diaryl/α,β-unsaturated/α-hetero) is 1. The lowest BCUT2D eigenvalue weighted by Gasteiger charge is -2.54. The van der Waals surface area contributed by atoms with Crippen LogP contribution in [0.15, 0.2) is 0 Å². The molecule has 14 heavy (non-hydrogen) atoms. The van der Waals surface area contributed by atoms with Gasteiger partial charge < -0.3 is 4.74 Å². The van der Waals surface area contributed by atoms with Gasteiger partial charge >= 0.3 is 5.97 Å². The highest BCUT2D eigenvalue weighted by atomic mass is 16.6. The SMILES string of the molecule is O=C1CCC[C@H]2CCC[C@@H]3OC(=O)[C@]123. The minimum absolute atomic E-state index is 0.0680. The summed E-state index contributed by atoms with van der Waals surface area (Å²) in [4.78, 5) is 23.5. The molecule has 1 heterocycles.